The number of carbonyl (C=O) groups excluding carboxylic acids is 1. The summed E-state index contributed by atoms with van der Waals surface area (Å²) in [4.78, 5) is 15.1. The molecule has 1 fully saturated rings. The van der Waals surface area contributed by atoms with Crippen LogP contribution in [0, 0.1) is 0 Å². The molecule has 1 aliphatic heterocycles. The van der Waals surface area contributed by atoms with Crippen molar-refractivity contribution in [2.45, 2.75) is 0 Å². The summed E-state index contributed by atoms with van der Waals surface area (Å²) in [5.74, 6) is 0. The molecular formula is C15H17N3O2S. The maximum Gasteiger partial charge on any atom is 0.322 e. The number of carbonyl (C=O) groups is 1. The molecule has 2 aromatic rings. The average Bonchev–Trinajstić information content (AvgIpc) is 3.04. The molecule has 0 aliphatic carbocycles. The molecule has 1 aliphatic rings. The van der Waals surface area contributed by atoms with Gasteiger partial charge < -0.3 is 20.7 Å². The maximum absolute atomic E-state index is 12.2. The van der Waals surface area contributed by atoms with Crippen molar-refractivity contribution in [3.63, 3.8) is 0 Å². The number of urea groups is 1. The van der Waals surface area contributed by atoms with Crippen LogP contribution in [-0.2, 0) is 4.74 Å². The highest BCUT2D eigenvalue weighted by Crippen LogP contribution is 2.30. The van der Waals surface area contributed by atoms with E-state index in [4.69, 9.17) is 10.5 Å². The predicted octanol–water partition coefficient (Wildman–Crippen LogP) is 2.86. The van der Waals surface area contributed by atoms with Gasteiger partial charge in [0.1, 0.15) is 0 Å². The molecule has 0 atom stereocenters. The Morgan fingerprint density at radius 2 is 2.10 bits per heavy atom. The Kier molecular flexibility index (Phi) is 4.08. The first kappa shape index (κ1) is 13.9. The van der Waals surface area contributed by atoms with E-state index < -0.39 is 0 Å². The van der Waals surface area contributed by atoms with Crippen LogP contribution in [0.25, 0.3) is 10.4 Å². The zero-order valence-corrected chi connectivity index (χ0v) is 12.4. The number of benzene rings is 1. The second kappa shape index (κ2) is 6.15. The van der Waals surface area contributed by atoms with Crippen LogP contribution < -0.4 is 11.1 Å². The van der Waals surface area contributed by atoms with Gasteiger partial charge in [-0.2, -0.15) is 0 Å². The summed E-state index contributed by atoms with van der Waals surface area (Å²) in [7, 11) is 0. The number of morpholine rings is 1. The van der Waals surface area contributed by atoms with Gasteiger partial charge in [0, 0.05) is 18.0 Å². The smallest absolute Gasteiger partial charge is 0.322 e. The number of nitrogens with two attached hydrogens (primary N) is 1. The van der Waals surface area contributed by atoms with Crippen molar-refractivity contribution >= 4 is 28.7 Å². The highest BCUT2D eigenvalue weighted by molar-refractivity contribution is 7.13. The molecule has 1 aromatic carbocycles. The number of ether oxygens (including phenoxy) is 1. The van der Waals surface area contributed by atoms with Gasteiger partial charge in [0.25, 0.3) is 0 Å². The Balaban J connectivity index is 1.78. The van der Waals surface area contributed by atoms with E-state index in [1.807, 2.05) is 35.7 Å². The molecule has 110 valence electrons. The van der Waals surface area contributed by atoms with Crippen LogP contribution in [0.1, 0.15) is 0 Å². The standard InChI is InChI=1S/C15H17N3O2S/c16-12-4-3-11(14-2-1-9-21-14)10-13(12)17-15(19)18-5-7-20-8-6-18/h1-4,9-10H,5-8,16H2,(H,17,19). The molecule has 0 spiro atoms. The van der Waals surface area contributed by atoms with Crippen molar-refractivity contribution in [1.82, 2.24) is 4.90 Å². The highest BCUT2D eigenvalue weighted by Gasteiger charge is 2.17. The van der Waals surface area contributed by atoms with Crippen LogP contribution in [0.2, 0.25) is 0 Å². The van der Waals surface area contributed by atoms with E-state index >= 15 is 0 Å². The summed E-state index contributed by atoms with van der Waals surface area (Å²) in [6.45, 7) is 2.38. The van der Waals surface area contributed by atoms with Crippen LogP contribution >= 0.6 is 11.3 Å². The summed E-state index contributed by atoms with van der Waals surface area (Å²) in [5, 5.41) is 4.92. The lowest BCUT2D eigenvalue weighted by molar-refractivity contribution is 0.0564. The van der Waals surface area contributed by atoms with Gasteiger partial charge in [0.05, 0.1) is 24.6 Å². The number of anilines is 2. The third kappa shape index (κ3) is 3.17. The lowest BCUT2D eigenvalue weighted by atomic mass is 10.1. The topological polar surface area (TPSA) is 67.6 Å². The number of hydrogen-bond donors (Lipinski definition) is 2. The Bertz CT molecular complexity index is 622. The Morgan fingerprint density at radius 3 is 2.81 bits per heavy atom. The number of nitrogen functional groups attached to an aromatic ring is 1. The third-order valence-electron chi connectivity index (χ3n) is 3.40. The van der Waals surface area contributed by atoms with E-state index in [2.05, 4.69) is 5.32 Å². The molecule has 2 amide bonds. The fourth-order valence-corrected chi connectivity index (χ4v) is 2.95. The molecular weight excluding hydrogens is 286 g/mol. The van der Waals surface area contributed by atoms with E-state index in [0.717, 1.165) is 10.4 Å². The lowest BCUT2D eigenvalue weighted by Gasteiger charge is -2.27. The molecule has 5 nitrogen and oxygen atoms in total. The Hall–Kier alpha value is -2.05. The van der Waals surface area contributed by atoms with Gasteiger partial charge in [-0.3, -0.25) is 0 Å². The quantitative estimate of drug-likeness (QED) is 0.838. The number of hydrogen-bond acceptors (Lipinski definition) is 4. The lowest BCUT2D eigenvalue weighted by Crippen LogP contribution is -2.43. The molecule has 0 bridgehead atoms. The first-order valence-corrected chi connectivity index (χ1v) is 7.69. The molecule has 1 saturated heterocycles. The van der Waals surface area contributed by atoms with Crippen LogP contribution in [0.5, 0.6) is 0 Å². The molecule has 3 N–H and O–H groups in total. The summed E-state index contributed by atoms with van der Waals surface area (Å²) >= 11 is 1.66. The molecule has 6 heteroatoms. The number of thiophene rings is 1. The summed E-state index contributed by atoms with van der Waals surface area (Å²) in [5.41, 5.74) is 8.24. The second-order valence-corrected chi connectivity index (χ2v) is 5.76. The number of nitrogens with zero attached hydrogens (tertiary/aromatic N) is 1. The van der Waals surface area contributed by atoms with Crippen molar-refractivity contribution in [1.29, 1.82) is 0 Å². The van der Waals surface area contributed by atoms with Crippen molar-refractivity contribution in [2.75, 3.05) is 37.4 Å². The Labute approximate surface area is 127 Å². The minimum atomic E-state index is -0.131. The molecule has 0 radical (unpaired) electrons. The molecule has 1 aromatic heterocycles. The van der Waals surface area contributed by atoms with Gasteiger partial charge in [-0.15, -0.1) is 11.3 Å². The summed E-state index contributed by atoms with van der Waals surface area (Å²) in [6.07, 6.45) is 0. The van der Waals surface area contributed by atoms with Crippen LogP contribution in [-0.4, -0.2) is 37.2 Å². The zero-order chi connectivity index (χ0) is 14.7. The van der Waals surface area contributed by atoms with Gasteiger partial charge in [0.2, 0.25) is 0 Å². The fourth-order valence-electron chi connectivity index (χ4n) is 2.22. The van der Waals surface area contributed by atoms with Crippen LogP contribution in [0.3, 0.4) is 0 Å². The van der Waals surface area contributed by atoms with Crippen molar-refractivity contribution in [3.8, 4) is 10.4 Å². The van der Waals surface area contributed by atoms with Gasteiger partial charge in [-0.1, -0.05) is 12.1 Å². The first-order valence-electron chi connectivity index (χ1n) is 6.81. The van der Waals surface area contributed by atoms with E-state index in [9.17, 15) is 4.79 Å². The summed E-state index contributed by atoms with van der Waals surface area (Å²) < 4.78 is 5.25. The molecule has 2 heterocycles. The van der Waals surface area contributed by atoms with Gasteiger partial charge in [-0.25, -0.2) is 4.79 Å². The minimum Gasteiger partial charge on any atom is -0.397 e. The summed E-state index contributed by atoms with van der Waals surface area (Å²) in [6, 6.07) is 9.62. The zero-order valence-electron chi connectivity index (χ0n) is 11.5. The van der Waals surface area contributed by atoms with Crippen molar-refractivity contribution < 1.29 is 9.53 Å². The number of nitrogens with one attached hydrogen (secondary N) is 1. The SMILES string of the molecule is Nc1ccc(-c2cccs2)cc1NC(=O)N1CCOCC1. The van der Waals surface area contributed by atoms with Gasteiger partial charge in [-0.05, 0) is 29.1 Å². The van der Waals surface area contributed by atoms with Crippen molar-refractivity contribution in [3.05, 3.63) is 35.7 Å². The molecule has 0 saturated carbocycles. The van der Waals surface area contributed by atoms with Gasteiger partial charge in [0.15, 0.2) is 0 Å². The molecule has 3 rings (SSSR count). The first-order chi connectivity index (χ1) is 10.2. The molecule has 0 unspecified atom stereocenters. The highest BCUT2D eigenvalue weighted by atomic mass is 32.1. The monoisotopic (exact) mass is 303 g/mol. The average molecular weight is 303 g/mol. The molecule has 21 heavy (non-hydrogen) atoms. The Morgan fingerprint density at radius 1 is 1.29 bits per heavy atom. The fraction of sp³-hybridized carbons (Fsp3) is 0.267. The third-order valence-corrected chi connectivity index (χ3v) is 4.32. The second-order valence-electron chi connectivity index (χ2n) is 4.81. The van der Waals surface area contributed by atoms with Crippen molar-refractivity contribution in [2.24, 2.45) is 0 Å². The van der Waals surface area contributed by atoms with Crippen LogP contribution in [0.4, 0.5) is 16.2 Å². The van der Waals surface area contributed by atoms with E-state index in [1.165, 1.54) is 0 Å². The number of amides is 2. The van der Waals surface area contributed by atoms with Gasteiger partial charge >= 0.3 is 6.03 Å². The maximum atomic E-state index is 12.2. The van der Waals surface area contributed by atoms with E-state index in [1.54, 1.807) is 16.2 Å². The normalized spacial score (nSPS) is 15.0. The number of rotatable bonds is 2. The predicted molar refractivity (Wildman–Crippen MR) is 85.6 cm³/mol. The minimum absolute atomic E-state index is 0.131. The van der Waals surface area contributed by atoms with Crippen LogP contribution in [0.15, 0.2) is 35.7 Å². The largest absolute Gasteiger partial charge is 0.397 e. The van der Waals surface area contributed by atoms with E-state index in [0.29, 0.717) is 37.7 Å². The van der Waals surface area contributed by atoms with E-state index in [-0.39, 0.29) is 6.03 Å².